The molecule has 0 aliphatic heterocycles. The van der Waals surface area contributed by atoms with Crippen molar-refractivity contribution in [3.63, 3.8) is 0 Å². The molecule has 3 N–H and O–H groups in total. The van der Waals surface area contributed by atoms with Crippen molar-refractivity contribution >= 4 is 40.8 Å². The van der Waals surface area contributed by atoms with E-state index in [1.165, 1.54) is 6.92 Å². The smallest absolute Gasteiger partial charge is 0.407 e. The summed E-state index contributed by atoms with van der Waals surface area (Å²) < 4.78 is 5.17. The number of nitrogens with zero attached hydrogens (tertiary/aromatic N) is 1. The molecule has 3 amide bonds. The van der Waals surface area contributed by atoms with Crippen LogP contribution in [0.25, 0.3) is 0 Å². The summed E-state index contributed by atoms with van der Waals surface area (Å²) in [5.41, 5.74) is -0.540. The lowest BCUT2D eigenvalue weighted by molar-refractivity contribution is -0.144. The van der Waals surface area contributed by atoms with Gasteiger partial charge in [-0.2, -0.15) is 0 Å². The average molecular weight is 530 g/mol. The van der Waals surface area contributed by atoms with Crippen LogP contribution in [0.2, 0.25) is 0 Å². The lowest BCUT2D eigenvalue weighted by atomic mass is 9.95. The normalized spacial score (nSPS) is 12.4. The van der Waals surface area contributed by atoms with Crippen molar-refractivity contribution < 1.29 is 24.2 Å². The highest BCUT2D eigenvalue weighted by Gasteiger charge is 2.35. The largest absolute Gasteiger partial charge is 0.480 e. The molecule has 1 aromatic carbocycles. The standard InChI is InChI=1S/C26H31N3O5S2/c1-26(23(30)31,13-5-6-14-27-25(33)34-19-20-9-3-2-4-10-20)28-24(32)29(17-21-11-7-15-35-21)18-22-12-8-16-36-22/h2-4,7-12,15-16H,5-6,13-14,17-19H2,1H3,(H,27,33)(H,28,32)(H,30,31)/t26-/m0/s1. The number of carboxylic acid groups (broad SMARTS) is 1. The minimum absolute atomic E-state index is 0.184. The number of thiophene rings is 2. The van der Waals surface area contributed by atoms with Gasteiger partial charge < -0.3 is 25.4 Å². The number of amides is 3. The number of urea groups is 1. The number of aliphatic carboxylic acids is 1. The Morgan fingerprint density at radius 3 is 2.14 bits per heavy atom. The Morgan fingerprint density at radius 2 is 1.58 bits per heavy atom. The van der Waals surface area contributed by atoms with Gasteiger partial charge in [-0.1, -0.05) is 42.5 Å². The Hall–Kier alpha value is -3.37. The topological polar surface area (TPSA) is 108 Å². The Bertz CT molecular complexity index is 1050. The zero-order valence-corrected chi connectivity index (χ0v) is 21.8. The third-order valence-corrected chi connectivity index (χ3v) is 7.30. The van der Waals surface area contributed by atoms with E-state index >= 15 is 0 Å². The van der Waals surface area contributed by atoms with Crippen LogP contribution in [0.5, 0.6) is 0 Å². The lowest BCUT2D eigenvalue weighted by Crippen LogP contribution is -2.55. The highest BCUT2D eigenvalue weighted by Crippen LogP contribution is 2.20. The van der Waals surface area contributed by atoms with Gasteiger partial charge in [0.05, 0.1) is 13.1 Å². The van der Waals surface area contributed by atoms with Crippen LogP contribution in [0.1, 0.15) is 41.5 Å². The van der Waals surface area contributed by atoms with Gasteiger partial charge in [0.1, 0.15) is 12.1 Å². The number of ether oxygens (including phenoxy) is 1. The van der Waals surface area contributed by atoms with Crippen LogP contribution < -0.4 is 10.6 Å². The van der Waals surface area contributed by atoms with Crippen molar-refractivity contribution in [2.45, 2.75) is 51.4 Å². The van der Waals surface area contributed by atoms with Crippen LogP contribution in [0, 0.1) is 0 Å². The fourth-order valence-corrected chi connectivity index (χ4v) is 4.93. The first-order valence-electron chi connectivity index (χ1n) is 11.7. The van der Waals surface area contributed by atoms with Gasteiger partial charge in [0.15, 0.2) is 0 Å². The third-order valence-electron chi connectivity index (χ3n) is 5.58. The molecule has 1 atom stereocenters. The average Bonchev–Trinajstić information content (AvgIpc) is 3.57. The second-order valence-corrected chi connectivity index (χ2v) is 10.6. The number of rotatable bonds is 13. The van der Waals surface area contributed by atoms with Crippen molar-refractivity contribution in [1.29, 1.82) is 0 Å². The van der Waals surface area contributed by atoms with E-state index in [1.54, 1.807) is 27.6 Å². The molecule has 0 radical (unpaired) electrons. The highest BCUT2D eigenvalue weighted by atomic mass is 32.1. The number of alkyl carbamates (subject to hydrolysis) is 1. The molecule has 2 aromatic heterocycles. The maximum absolute atomic E-state index is 13.2. The van der Waals surface area contributed by atoms with E-state index in [-0.39, 0.29) is 13.0 Å². The monoisotopic (exact) mass is 529 g/mol. The van der Waals surface area contributed by atoms with Gasteiger partial charge in [-0.05, 0) is 54.6 Å². The number of hydrogen-bond acceptors (Lipinski definition) is 6. The second-order valence-electron chi connectivity index (χ2n) is 8.53. The summed E-state index contributed by atoms with van der Waals surface area (Å²) >= 11 is 3.10. The van der Waals surface area contributed by atoms with E-state index in [4.69, 9.17) is 4.74 Å². The number of carboxylic acids is 1. The SMILES string of the molecule is C[C@@](CCCCNC(=O)OCc1ccccc1)(NC(=O)N(Cc1cccs1)Cc1cccs1)C(=O)O. The van der Waals surface area contributed by atoms with E-state index in [1.807, 2.05) is 65.4 Å². The molecule has 3 rings (SSSR count). The number of carbonyl (C=O) groups is 3. The van der Waals surface area contributed by atoms with Gasteiger partial charge in [-0.3, -0.25) is 0 Å². The molecule has 36 heavy (non-hydrogen) atoms. The molecule has 0 bridgehead atoms. The maximum Gasteiger partial charge on any atom is 0.407 e. The molecule has 0 fully saturated rings. The lowest BCUT2D eigenvalue weighted by Gasteiger charge is -2.30. The molecule has 0 saturated heterocycles. The van der Waals surface area contributed by atoms with Crippen molar-refractivity contribution in [2.24, 2.45) is 0 Å². The fraction of sp³-hybridized carbons (Fsp3) is 0.346. The minimum atomic E-state index is -1.44. The summed E-state index contributed by atoms with van der Waals surface area (Å²) in [6.07, 6.45) is 0.747. The van der Waals surface area contributed by atoms with Gasteiger partial charge in [0, 0.05) is 16.3 Å². The number of unbranched alkanes of at least 4 members (excludes halogenated alkanes) is 1. The Balaban J connectivity index is 1.47. The molecule has 2 heterocycles. The van der Waals surface area contributed by atoms with Gasteiger partial charge in [-0.15, -0.1) is 22.7 Å². The number of hydrogen-bond donors (Lipinski definition) is 3. The molecule has 0 spiro atoms. The molecule has 192 valence electrons. The molecule has 0 aliphatic rings. The zero-order chi connectivity index (χ0) is 25.8. The predicted octanol–water partition coefficient (Wildman–Crippen LogP) is 5.46. The summed E-state index contributed by atoms with van der Waals surface area (Å²) in [6.45, 7) is 2.84. The summed E-state index contributed by atoms with van der Waals surface area (Å²) in [5, 5.41) is 19.2. The Morgan fingerprint density at radius 1 is 0.944 bits per heavy atom. The minimum Gasteiger partial charge on any atom is -0.480 e. The fourth-order valence-electron chi connectivity index (χ4n) is 3.49. The van der Waals surface area contributed by atoms with Crippen LogP contribution in [0.15, 0.2) is 65.4 Å². The van der Waals surface area contributed by atoms with E-state index < -0.39 is 23.6 Å². The van der Waals surface area contributed by atoms with Gasteiger partial charge in [0.25, 0.3) is 0 Å². The quantitative estimate of drug-likeness (QED) is 0.255. The van der Waals surface area contributed by atoms with Gasteiger partial charge >= 0.3 is 18.1 Å². The van der Waals surface area contributed by atoms with Crippen LogP contribution in [-0.4, -0.2) is 40.2 Å². The molecular formula is C26H31N3O5S2. The van der Waals surface area contributed by atoms with Crippen molar-refractivity contribution in [2.75, 3.05) is 6.54 Å². The number of benzene rings is 1. The molecule has 10 heteroatoms. The van der Waals surface area contributed by atoms with E-state index in [2.05, 4.69) is 10.6 Å². The number of carbonyl (C=O) groups excluding carboxylic acids is 2. The number of nitrogens with one attached hydrogen (secondary N) is 2. The Labute approximate surface area is 218 Å². The highest BCUT2D eigenvalue weighted by molar-refractivity contribution is 7.10. The Kier molecular flexibility index (Phi) is 10.3. The molecule has 0 saturated carbocycles. The van der Waals surface area contributed by atoms with Crippen LogP contribution >= 0.6 is 22.7 Å². The van der Waals surface area contributed by atoms with Gasteiger partial charge in [-0.25, -0.2) is 14.4 Å². The molecule has 0 unspecified atom stereocenters. The summed E-state index contributed by atoms with van der Waals surface area (Å²) in [6, 6.07) is 16.7. The van der Waals surface area contributed by atoms with E-state index in [0.29, 0.717) is 32.5 Å². The van der Waals surface area contributed by atoms with Crippen molar-refractivity contribution in [3.05, 3.63) is 80.7 Å². The molecule has 8 nitrogen and oxygen atoms in total. The first kappa shape index (κ1) is 27.2. The van der Waals surface area contributed by atoms with Crippen LogP contribution in [0.3, 0.4) is 0 Å². The maximum atomic E-state index is 13.2. The summed E-state index contributed by atoms with van der Waals surface area (Å²) in [5.74, 6) is -1.10. The second kappa shape index (κ2) is 13.6. The van der Waals surface area contributed by atoms with Crippen molar-refractivity contribution in [1.82, 2.24) is 15.5 Å². The summed E-state index contributed by atoms with van der Waals surface area (Å²) in [7, 11) is 0. The van der Waals surface area contributed by atoms with Crippen molar-refractivity contribution in [3.8, 4) is 0 Å². The predicted molar refractivity (Wildman–Crippen MR) is 141 cm³/mol. The third kappa shape index (κ3) is 8.69. The first-order valence-corrected chi connectivity index (χ1v) is 13.4. The van der Waals surface area contributed by atoms with E-state index in [9.17, 15) is 19.5 Å². The molecule has 3 aromatic rings. The van der Waals surface area contributed by atoms with Gasteiger partial charge in [0.2, 0.25) is 0 Å². The van der Waals surface area contributed by atoms with E-state index in [0.717, 1.165) is 15.3 Å². The molecular weight excluding hydrogens is 498 g/mol. The first-order chi connectivity index (χ1) is 17.4. The summed E-state index contributed by atoms with van der Waals surface area (Å²) in [4.78, 5) is 40.8. The molecule has 0 aliphatic carbocycles. The van der Waals surface area contributed by atoms with Crippen LogP contribution in [0.4, 0.5) is 9.59 Å². The zero-order valence-electron chi connectivity index (χ0n) is 20.1. The van der Waals surface area contributed by atoms with Crippen LogP contribution in [-0.2, 0) is 29.2 Å².